The molecule has 210 valence electrons. The first kappa shape index (κ1) is 29.8. The molecular weight excluding hydrogens is 545 g/mol. The third kappa shape index (κ3) is 6.26. The molecule has 4 aromatic rings. The molecule has 8 heteroatoms. The molecule has 0 saturated carbocycles. The quantitative estimate of drug-likeness (QED) is 0.199. The molecule has 4 rings (SSSR count). The zero-order valence-electron chi connectivity index (χ0n) is 23.5. The molecule has 0 saturated heterocycles. The van der Waals surface area contributed by atoms with Crippen molar-refractivity contribution >= 4 is 23.2 Å². The Balaban J connectivity index is 1.73. The van der Waals surface area contributed by atoms with Crippen molar-refractivity contribution in [3.63, 3.8) is 0 Å². The fourth-order valence-electron chi connectivity index (χ4n) is 4.53. The summed E-state index contributed by atoms with van der Waals surface area (Å²) in [6.45, 7) is 6.08. The van der Waals surface area contributed by atoms with Gasteiger partial charge in [0, 0.05) is 46.0 Å². The Bertz CT molecular complexity index is 1510. The van der Waals surface area contributed by atoms with Crippen molar-refractivity contribution in [2.24, 2.45) is 11.1 Å². The largest absolute Gasteiger partial charge is 0.481 e. The first-order valence-corrected chi connectivity index (χ1v) is 13.9. The summed E-state index contributed by atoms with van der Waals surface area (Å²) in [6, 6.07) is 19.1. The van der Waals surface area contributed by atoms with Crippen LogP contribution < -0.4 is 15.2 Å². The fraction of sp³-hybridized carbons (Fsp3) is 0.312. The molecule has 0 spiro atoms. The summed E-state index contributed by atoms with van der Waals surface area (Å²) in [7, 11) is 3.19. The molecule has 1 atom stereocenters. The summed E-state index contributed by atoms with van der Waals surface area (Å²) >= 11 is 14.0. The molecule has 6 nitrogen and oxygen atoms in total. The predicted octanol–water partition coefficient (Wildman–Crippen LogP) is 7.77. The molecule has 0 fully saturated rings. The molecule has 2 heterocycles. The third-order valence-corrected chi connectivity index (χ3v) is 7.86. The highest BCUT2D eigenvalue weighted by molar-refractivity contribution is 6.39. The maximum absolute atomic E-state index is 9.61. The van der Waals surface area contributed by atoms with Crippen molar-refractivity contribution in [3.05, 3.63) is 81.8 Å². The Hall–Kier alpha value is -3.16. The molecule has 3 N–H and O–H groups in total. The minimum Gasteiger partial charge on any atom is -0.481 e. The fourth-order valence-corrected chi connectivity index (χ4v) is 5.17. The van der Waals surface area contributed by atoms with Gasteiger partial charge in [-0.1, -0.05) is 79.5 Å². The van der Waals surface area contributed by atoms with Gasteiger partial charge in [0.1, 0.15) is 0 Å². The van der Waals surface area contributed by atoms with Crippen LogP contribution in [0, 0.1) is 5.41 Å². The Morgan fingerprint density at radius 3 is 1.80 bits per heavy atom. The molecule has 0 aliphatic heterocycles. The number of aliphatic hydroxyl groups excluding tert-OH is 1. The highest BCUT2D eigenvalue weighted by Gasteiger charge is 2.20. The minimum absolute atomic E-state index is 0.120. The summed E-state index contributed by atoms with van der Waals surface area (Å²) in [4.78, 5) is 9.45. The maximum atomic E-state index is 9.61. The van der Waals surface area contributed by atoms with E-state index in [2.05, 4.69) is 4.98 Å². The number of aryl methyl sites for hydroxylation is 1. The van der Waals surface area contributed by atoms with Crippen LogP contribution in [0.4, 0.5) is 0 Å². The van der Waals surface area contributed by atoms with Crippen LogP contribution in [0.15, 0.2) is 60.7 Å². The van der Waals surface area contributed by atoms with Gasteiger partial charge < -0.3 is 20.3 Å². The van der Waals surface area contributed by atoms with E-state index in [1.54, 1.807) is 14.2 Å². The molecule has 40 heavy (non-hydrogen) atoms. The summed E-state index contributed by atoms with van der Waals surface area (Å²) < 4.78 is 11.1. The molecule has 2 aromatic heterocycles. The molecule has 0 amide bonds. The van der Waals surface area contributed by atoms with Gasteiger partial charge in [-0.3, -0.25) is 0 Å². The summed E-state index contributed by atoms with van der Waals surface area (Å²) in [5, 5.41) is 10.7. The molecule has 0 aliphatic carbocycles. The number of pyridine rings is 2. The number of halogens is 2. The lowest BCUT2D eigenvalue weighted by molar-refractivity contribution is 0.150. The van der Waals surface area contributed by atoms with Crippen molar-refractivity contribution < 1.29 is 14.6 Å². The Morgan fingerprint density at radius 1 is 0.800 bits per heavy atom. The number of nitrogens with two attached hydrogens (primary N) is 1. The molecule has 0 aliphatic rings. The second-order valence-corrected chi connectivity index (χ2v) is 11.4. The van der Waals surface area contributed by atoms with Gasteiger partial charge in [0.2, 0.25) is 11.8 Å². The van der Waals surface area contributed by atoms with Crippen LogP contribution in [0.1, 0.15) is 44.4 Å². The number of aliphatic hydroxyl groups is 1. The van der Waals surface area contributed by atoms with Gasteiger partial charge in [-0.05, 0) is 43.4 Å². The topological polar surface area (TPSA) is 90.5 Å². The predicted molar refractivity (Wildman–Crippen MR) is 163 cm³/mol. The van der Waals surface area contributed by atoms with Gasteiger partial charge in [0.05, 0.1) is 35.7 Å². The summed E-state index contributed by atoms with van der Waals surface area (Å²) in [5.74, 6) is 1.01. The number of methoxy groups -OCH3 is 2. The van der Waals surface area contributed by atoms with Crippen molar-refractivity contribution in [1.82, 2.24) is 9.97 Å². The van der Waals surface area contributed by atoms with Crippen molar-refractivity contribution in [3.8, 4) is 45.4 Å². The number of benzene rings is 2. The average Bonchev–Trinajstić information content (AvgIpc) is 2.96. The average molecular weight is 581 g/mol. The molecule has 2 aromatic carbocycles. The first-order chi connectivity index (χ1) is 19.1. The maximum Gasteiger partial charge on any atom is 0.218 e. The van der Waals surface area contributed by atoms with Crippen LogP contribution in [0.25, 0.3) is 33.6 Å². The van der Waals surface area contributed by atoms with Crippen molar-refractivity contribution in [2.75, 3.05) is 20.8 Å². The normalized spacial score (nSPS) is 12.3. The minimum atomic E-state index is -0.214. The van der Waals surface area contributed by atoms with Gasteiger partial charge in [0.15, 0.2) is 0 Å². The lowest BCUT2D eigenvalue weighted by Gasteiger charge is -2.21. The Labute approximate surface area is 246 Å². The Morgan fingerprint density at radius 2 is 1.30 bits per heavy atom. The van der Waals surface area contributed by atoms with Crippen LogP contribution in [-0.2, 0) is 6.42 Å². The standard InChI is InChI=1S/C32H35Cl2N3O3/c1-19(35)21-13-15-27(37-31(21)40-5)25-11-7-9-23(29(25)34)22-8-6-10-24(28(22)33)26-14-12-20(30(36-26)39-4)16-17-32(2,3)18-38/h6-15,19,38H,16-18,35H2,1-5H3/t19-/m0/s1. The van der Waals surface area contributed by atoms with Gasteiger partial charge in [-0.15, -0.1) is 0 Å². The van der Waals surface area contributed by atoms with E-state index >= 15 is 0 Å². The van der Waals surface area contributed by atoms with Gasteiger partial charge >= 0.3 is 0 Å². The number of aromatic nitrogens is 2. The van der Waals surface area contributed by atoms with Gasteiger partial charge in [-0.25, -0.2) is 9.97 Å². The van der Waals surface area contributed by atoms with Crippen molar-refractivity contribution in [1.29, 1.82) is 0 Å². The van der Waals surface area contributed by atoms with E-state index in [0.29, 0.717) is 33.2 Å². The van der Waals surface area contributed by atoms with E-state index in [1.165, 1.54) is 0 Å². The number of nitrogens with zero attached hydrogens (tertiary/aromatic N) is 2. The van der Waals surface area contributed by atoms with E-state index in [9.17, 15) is 5.11 Å². The number of hydrogen-bond donors (Lipinski definition) is 2. The highest BCUT2D eigenvalue weighted by atomic mass is 35.5. The molecular formula is C32H35Cl2N3O3. The highest BCUT2D eigenvalue weighted by Crippen LogP contribution is 2.42. The van der Waals surface area contributed by atoms with E-state index < -0.39 is 0 Å². The van der Waals surface area contributed by atoms with Gasteiger partial charge in [0.25, 0.3) is 0 Å². The summed E-state index contributed by atoms with van der Waals surface area (Å²) in [6.07, 6.45) is 1.55. The van der Waals surface area contributed by atoms with Gasteiger partial charge in [-0.2, -0.15) is 0 Å². The monoisotopic (exact) mass is 579 g/mol. The lowest BCUT2D eigenvalue weighted by atomic mass is 9.87. The van der Waals surface area contributed by atoms with Crippen LogP contribution in [0.2, 0.25) is 10.0 Å². The Kier molecular flexibility index (Phi) is 9.37. The van der Waals surface area contributed by atoms with Crippen molar-refractivity contribution in [2.45, 2.75) is 39.7 Å². The van der Waals surface area contributed by atoms with Crippen LogP contribution in [-0.4, -0.2) is 35.9 Å². The SMILES string of the molecule is COc1nc(-c2cccc(-c3cccc(-c4ccc([C@H](C)N)c(OC)n4)c3Cl)c2Cl)ccc1CCC(C)(C)CO. The second kappa shape index (κ2) is 12.6. The van der Waals surface area contributed by atoms with E-state index in [1.807, 2.05) is 81.4 Å². The zero-order valence-corrected chi connectivity index (χ0v) is 25.0. The van der Waals surface area contributed by atoms with E-state index in [0.717, 1.165) is 46.2 Å². The van der Waals surface area contributed by atoms with Crippen LogP contribution >= 0.6 is 23.2 Å². The zero-order chi connectivity index (χ0) is 29.0. The van der Waals surface area contributed by atoms with E-state index in [4.69, 9.17) is 43.4 Å². The summed E-state index contributed by atoms with van der Waals surface area (Å²) in [5.41, 5.74) is 12.1. The second-order valence-electron chi connectivity index (χ2n) is 10.6. The molecule has 0 unspecified atom stereocenters. The lowest BCUT2D eigenvalue weighted by Crippen LogP contribution is -2.17. The van der Waals surface area contributed by atoms with Crippen LogP contribution in [0.5, 0.6) is 11.8 Å². The third-order valence-electron chi connectivity index (χ3n) is 7.04. The van der Waals surface area contributed by atoms with Crippen LogP contribution in [0.3, 0.4) is 0 Å². The number of rotatable bonds is 10. The number of ether oxygens (including phenoxy) is 2. The first-order valence-electron chi connectivity index (χ1n) is 13.1. The molecule has 0 radical (unpaired) electrons. The molecule has 0 bridgehead atoms. The smallest absolute Gasteiger partial charge is 0.218 e. The van der Waals surface area contributed by atoms with E-state index in [-0.39, 0.29) is 18.1 Å². The number of hydrogen-bond acceptors (Lipinski definition) is 6.